The van der Waals surface area contributed by atoms with Gasteiger partial charge in [-0.25, -0.2) is 4.79 Å². The molecule has 0 fully saturated rings. The number of rotatable bonds is 3. The summed E-state index contributed by atoms with van der Waals surface area (Å²) in [5.74, 6) is -1.58. The van der Waals surface area contributed by atoms with Crippen LogP contribution in [0, 0.1) is 27.7 Å². The molecule has 96 valence electrons. The lowest BCUT2D eigenvalue weighted by Gasteiger charge is -2.15. The first-order valence-corrected chi connectivity index (χ1v) is 5.62. The van der Waals surface area contributed by atoms with E-state index in [1.807, 2.05) is 27.7 Å². The minimum Gasteiger partial charge on any atom is -0.478 e. The number of carbonyl (C=O) groups is 2. The van der Waals surface area contributed by atoms with E-state index in [4.69, 9.17) is 5.11 Å². The number of carboxylic acid groups (broad SMARTS) is 1. The van der Waals surface area contributed by atoms with Crippen molar-refractivity contribution in [3.8, 4) is 0 Å². The van der Waals surface area contributed by atoms with Gasteiger partial charge < -0.3 is 10.4 Å². The highest BCUT2D eigenvalue weighted by Crippen LogP contribution is 2.26. The predicted molar refractivity (Wildman–Crippen MR) is 70.8 cm³/mol. The smallest absolute Gasteiger partial charge is 0.328 e. The number of hydrogen-bond acceptors (Lipinski definition) is 2. The third-order valence-electron chi connectivity index (χ3n) is 2.99. The fourth-order valence-electron chi connectivity index (χ4n) is 1.72. The van der Waals surface area contributed by atoms with Gasteiger partial charge in [-0.15, -0.1) is 0 Å². The van der Waals surface area contributed by atoms with Crippen molar-refractivity contribution in [2.45, 2.75) is 27.7 Å². The zero-order valence-electron chi connectivity index (χ0n) is 11.0. The molecule has 0 aliphatic heterocycles. The molecule has 0 aliphatic carbocycles. The van der Waals surface area contributed by atoms with Gasteiger partial charge in [-0.2, -0.15) is 0 Å². The maximum absolute atomic E-state index is 11.6. The molecule has 0 unspecified atom stereocenters. The Morgan fingerprint density at radius 1 is 1.06 bits per heavy atom. The van der Waals surface area contributed by atoms with Crippen LogP contribution in [0.25, 0.3) is 0 Å². The van der Waals surface area contributed by atoms with E-state index in [-0.39, 0.29) is 0 Å². The summed E-state index contributed by atoms with van der Waals surface area (Å²) in [4.78, 5) is 21.9. The fraction of sp³-hybridized carbons (Fsp3) is 0.286. The molecule has 2 N–H and O–H groups in total. The lowest BCUT2D eigenvalue weighted by atomic mass is 9.98. The molecule has 0 atom stereocenters. The van der Waals surface area contributed by atoms with Gasteiger partial charge in [0.1, 0.15) is 0 Å². The Morgan fingerprint density at radius 2 is 1.56 bits per heavy atom. The Labute approximate surface area is 106 Å². The molecule has 0 spiro atoms. The minimum atomic E-state index is -1.14. The molecule has 0 radical (unpaired) electrons. The van der Waals surface area contributed by atoms with Gasteiger partial charge in [0.05, 0.1) is 0 Å². The Bertz CT molecular complexity index is 504. The van der Waals surface area contributed by atoms with Crippen LogP contribution in [0.5, 0.6) is 0 Å². The standard InChI is InChI=1S/C14H17NO3/c1-8-7-9(2)11(4)14(10(8)3)15-12(16)5-6-13(17)18/h5-7H,1-4H3,(H,15,16)(H,17,18)/b6-5+. The number of benzene rings is 1. The van der Waals surface area contributed by atoms with Gasteiger partial charge in [0, 0.05) is 17.8 Å². The van der Waals surface area contributed by atoms with Gasteiger partial charge >= 0.3 is 5.97 Å². The summed E-state index contributed by atoms with van der Waals surface area (Å²) in [6.45, 7) is 7.81. The van der Waals surface area contributed by atoms with Crippen molar-refractivity contribution < 1.29 is 14.7 Å². The van der Waals surface area contributed by atoms with E-state index in [9.17, 15) is 9.59 Å². The number of aliphatic carboxylic acids is 1. The number of aryl methyl sites for hydroxylation is 2. The summed E-state index contributed by atoms with van der Waals surface area (Å²) in [6.07, 6.45) is 1.83. The second-order valence-electron chi connectivity index (χ2n) is 4.30. The van der Waals surface area contributed by atoms with Crippen molar-refractivity contribution in [1.82, 2.24) is 0 Å². The fourth-order valence-corrected chi connectivity index (χ4v) is 1.72. The van der Waals surface area contributed by atoms with E-state index in [0.29, 0.717) is 0 Å². The van der Waals surface area contributed by atoms with Crippen molar-refractivity contribution in [3.05, 3.63) is 40.5 Å². The van der Waals surface area contributed by atoms with Crippen LogP contribution in [0.2, 0.25) is 0 Å². The van der Waals surface area contributed by atoms with Gasteiger partial charge in [0.2, 0.25) is 5.91 Å². The van der Waals surface area contributed by atoms with Crippen LogP contribution in [0.1, 0.15) is 22.3 Å². The zero-order valence-corrected chi connectivity index (χ0v) is 11.0. The number of anilines is 1. The number of amides is 1. The largest absolute Gasteiger partial charge is 0.478 e. The summed E-state index contributed by atoms with van der Waals surface area (Å²) in [5.41, 5.74) is 4.93. The van der Waals surface area contributed by atoms with E-state index in [1.54, 1.807) is 0 Å². The van der Waals surface area contributed by atoms with E-state index < -0.39 is 11.9 Å². The number of carbonyl (C=O) groups excluding carboxylic acids is 1. The monoisotopic (exact) mass is 247 g/mol. The maximum atomic E-state index is 11.6. The molecular formula is C14H17NO3. The molecule has 1 aromatic carbocycles. The second kappa shape index (κ2) is 5.49. The van der Waals surface area contributed by atoms with Gasteiger partial charge in [-0.05, 0) is 49.9 Å². The molecule has 1 amide bonds. The van der Waals surface area contributed by atoms with E-state index in [1.165, 1.54) is 0 Å². The number of carboxylic acids is 1. The molecule has 0 saturated carbocycles. The van der Waals surface area contributed by atoms with Crippen LogP contribution < -0.4 is 5.32 Å². The molecule has 1 rings (SSSR count). The first kappa shape index (κ1) is 14.0. The third kappa shape index (κ3) is 3.20. The second-order valence-corrected chi connectivity index (χ2v) is 4.30. The van der Waals surface area contributed by atoms with Crippen molar-refractivity contribution in [2.24, 2.45) is 0 Å². The molecule has 0 aromatic heterocycles. The normalized spacial score (nSPS) is 10.7. The molecular weight excluding hydrogens is 230 g/mol. The van der Waals surface area contributed by atoms with Crippen LogP contribution in [0.15, 0.2) is 18.2 Å². The summed E-state index contributed by atoms with van der Waals surface area (Å²) >= 11 is 0. The lowest BCUT2D eigenvalue weighted by Crippen LogP contribution is -2.12. The highest BCUT2D eigenvalue weighted by Gasteiger charge is 2.10. The molecule has 18 heavy (non-hydrogen) atoms. The van der Waals surface area contributed by atoms with Gasteiger partial charge in [-0.3, -0.25) is 4.79 Å². The number of hydrogen-bond donors (Lipinski definition) is 2. The van der Waals surface area contributed by atoms with Crippen molar-refractivity contribution in [2.75, 3.05) is 5.32 Å². The van der Waals surface area contributed by atoms with Crippen LogP contribution in [0.3, 0.4) is 0 Å². The first-order valence-electron chi connectivity index (χ1n) is 5.62. The Hall–Kier alpha value is -2.10. The van der Waals surface area contributed by atoms with E-state index >= 15 is 0 Å². The van der Waals surface area contributed by atoms with Crippen molar-refractivity contribution >= 4 is 17.6 Å². The van der Waals surface area contributed by atoms with E-state index in [2.05, 4.69) is 11.4 Å². The van der Waals surface area contributed by atoms with Crippen LogP contribution in [0.4, 0.5) is 5.69 Å². The highest BCUT2D eigenvalue weighted by atomic mass is 16.4. The van der Waals surface area contributed by atoms with Crippen LogP contribution >= 0.6 is 0 Å². The summed E-state index contributed by atoms with van der Waals surface area (Å²) in [7, 11) is 0. The zero-order chi connectivity index (χ0) is 13.9. The Balaban J connectivity index is 3.05. The van der Waals surface area contributed by atoms with E-state index in [0.717, 1.165) is 40.1 Å². The molecule has 4 heteroatoms. The summed E-state index contributed by atoms with van der Waals surface area (Å²) in [5, 5.41) is 11.2. The SMILES string of the molecule is Cc1cc(C)c(C)c(NC(=O)/C=C/C(=O)O)c1C. The van der Waals surface area contributed by atoms with Crippen molar-refractivity contribution in [1.29, 1.82) is 0 Å². The molecule has 0 bridgehead atoms. The third-order valence-corrected chi connectivity index (χ3v) is 2.99. The molecule has 0 heterocycles. The Kier molecular flexibility index (Phi) is 4.26. The van der Waals surface area contributed by atoms with Crippen LogP contribution in [-0.2, 0) is 9.59 Å². The average Bonchev–Trinajstić information content (AvgIpc) is 2.29. The number of nitrogens with one attached hydrogen (secondary N) is 1. The predicted octanol–water partition coefficient (Wildman–Crippen LogP) is 2.50. The Morgan fingerprint density at radius 3 is 2.00 bits per heavy atom. The topological polar surface area (TPSA) is 66.4 Å². The van der Waals surface area contributed by atoms with Crippen molar-refractivity contribution in [3.63, 3.8) is 0 Å². The minimum absolute atomic E-state index is 0.436. The lowest BCUT2D eigenvalue weighted by molar-refractivity contribution is -0.131. The quantitative estimate of drug-likeness (QED) is 0.806. The molecule has 4 nitrogen and oxygen atoms in total. The highest BCUT2D eigenvalue weighted by molar-refractivity contribution is 6.03. The molecule has 1 aromatic rings. The molecule has 0 saturated heterocycles. The van der Waals surface area contributed by atoms with Gasteiger partial charge in [-0.1, -0.05) is 6.07 Å². The maximum Gasteiger partial charge on any atom is 0.328 e. The molecule has 0 aliphatic rings. The van der Waals surface area contributed by atoms with Gasteiger partial charge in [0.25, 0.3) is 0 Å². The summed E-state index contributed by atoms with van der Waals surface area (Å²) in [6, 6.07) is 2.06. The van der Waals surface area contributed by atoms with Gasteiger partial charge in [0.15, 0.2) is 0 Å². The first-order chi connectivity index (χ1) is 8.32. The summed E-state index contributed by atoms with van der Waals surface area (Å²) < 4.78 is 0. The van der Waals surface area contributed by atoms with Crippen LogP contribution in [-0.4, -0.2) is 17.0 Å². The average molecular weight is 247 g/mol.